The first-order chi connectivity index (χ1) is 19.3. The number of hydrogen-bond donors (Lipinski definition) is 2. The average molecular weight is 671 g/mol. The van der Waals surface area contributed by atoms with E-state index >= 15 is 0 Å². The van der Waals surface area contributed by atoms with E-state index in [1.54, 1.807) is 47.8 Å². The van der Waals surface area contributed by atoms with Gasteiger partial charge in [-0.3, -0.25) is 10.6 Å². The molecule has 2 rings (SSSR count). The summed E-state index contributed by atoms with van der Waals surface area (Å²) in [7, 11) is 0. The second-order valence-corrected chi connectivity index (χ2v) is 15.3. The van der Waals surface area contributed by atoms with Crippen molar-refractivity contribution in [2.45, 2.75) is 116 Å². The van der Waals surface area contributed by atoms with Crippen LogP contribution in [0.15, 0.2) is 0 Å². The molecule has 2 amide bonds. The Kier molecular flexibility index (Phi) is 17.1. The van der Waals surface area contributed by atoms with Gasteiger partial charge in [-0.05, 0) is 124 Å². The standard InChI is InChI=1S/C26H46N4O4S6/c1-5-9-17-37-29(38-18-10-6-2)21(35)27-23(31)33-25(13-14-25)26(15-16-26)34-24(32)28-22(36)30(39-19-11-7-3)40-20-12-8-4/h5-20H2,1-4H3,(H,27,31,35)(H,28,32,36). The van der Waals surface area contributed by atoms with E-state index in [1.165, 1.54) is 0 Å². The molecule has 0 spiro atoms. The van der Waals surface area contributed by atoms with Crippen molar-refractivity contribution in [1.29, 1.82) is 0 Å². The highest BCUT2D eigenvalue weighted by atomic mass is 32.2. The Bertz CT molecular complexity index is 743. The molecule has 0 aromatic rings. The Morgan fingerprint density at radius 1 is 0.625 bits per heavy atom. The minimum Gasteiger partial charge on any atom is -0.438 e. The van der Waals surface area contributed by atoms with Crippen molar-refractivity contribution in [3.63, 3.8) is 0 Å². The molecule has 0 heterocycles. The first-order valence-electron chi connectivity index (χ1n) is 14.5. The lowest BCUT2D eigenvalue weighted by atomic mass is 10.1. The van der Waals surface area contributed by atoms with Crippen LogP contribution in [0.4, 0.5) is 9.59 Å². The summed E-state index contributed by atoms with van der Waals surface area (Å²) in [6.07, 6.45) is 10.1. The number of amides is 2. The van der Waals surface area contributed by atoms with Gasteiger partial charge in [-0.15, -0.1) is 0 Å². The lowest BCUT2D eigenvalue weighted by molar-refractivity contribution is -0.0391. The number of carbonyl (C=O) groups excluding carboxylic acids is 2. The molecule has 0 unspecified atom stereocenters. The van der Waals surface area contributed by atoms with E-state index in [4.69, 9.17) is 33.9 Å². The zero-order chi connectivity index (χ0) is 29.4. The maximum Gasteiger partial charge on any atom is 0.414 e. The number of thiocarbonyl (C=S) groups is 2. The number of nitrogens with zero attached hydrogens (tertiary/aromatic N) is 2. The van der Waals surface area contributed by atoms with Gasteiger partial charge < -0.3 is 9.47 Å². The lowest BCUT2D eigenvalue weighted by Gasteiger charge is -2.29. The maximum absolute atomic E-state index is 12.9. The van der Waals surface area contributed by atoms with Crippen LogP contribution in [0.2, 0.25) is 0 Å². The van der Waals surface area contributed by atoms with Gasteiger partial charge >= 0.3 is 12.2 Å². The molecule has 2 aliphatic carbocycles. The van der Waals surface area contributed by atoms with Crippen molar-refractivity contribution >= 4 is 94.6 Å². The number of alkyl carbamates (subject to hydrolysis) is 2. The maximum atomic E-state index is 12.9. The molecule has 2 aliphatic rings. The number of nitrogens with one attached hydrogen (secondary N) is 2. The third-order valence-corrected chi connectivity index (χ3v) is 12.2. The molecule has 0 aromatic carbocycles. The van der Waals surface area contributed by atoms with Crippen molar-refractivity contribution in [3.8, 4) is 0 Å². The molecule has 230 valence electrons. The quantitative estimate of drug-likeness (QED) is 0.0786. The predicted molar refractivity (Wildman–Crippen MR) is 182 cm³/mol. The number of rotatable bonds is 19. The SMILES string of the molecule is CCCCSN(SCCCC)C(=S)NC(=O)OC1(C2(OC(=O)NC(=S)N(SCCCC)SCCCC)CC2)CC1. The highest BCUT2D eigenvalue weighted by molar-refractivity contribution is 8.14. The first-order valence-corrected chi connectivity index (χ1v) is 19.0. The summed E-state index contributed by atoms with van der Waals surface area (Å²) in [5.41, 5.74) is -1.63. The van der Waals surface area contributed by atoms with Gasteiger partial charge in [0.25, 0.3) is 0 Å². The van der Waals surface area contributed by atoms with Crippen LogP contribution in [-0.2, 0) is 9.47 Å². The summed E-state index contributed by atoms with van der Waals surface area (Å²) < 4.78 is 15.6. The van der Waals surface area contributed by atoms with E-state index in [2.05, 4.69) is 38.3 Å². The molecule has 0 radical (unpaired) electrons. The Labute approximate surface area is 269 Å². The molecule has 2 saturated carbocycles. The van der Waals surface area contributed by atoms with Gasteiger partial charge in [0, 0.05) is 23.0 Å². The Morgan fingerprint density at radius 2 is 0.900 bits per heavy atom. The third kappa shape index (κ3) is 12.1. The van der Waals surface area contributed by atoms with E-state index in [9.17, 15) is 9.59 Å². The van der Waals surface area contributed by atoms with Crippen LogP contribution in [0.1, 0.15) is 105 Å². The molecule has 0 saturated heterocycles. The van der Waals surface area contributed by atoms with Gasteiger partial charge in [0.15, 0.2) is 21.4 Å². The van der Waals surface area contributed by atoms with Gasteiger partial charge in [0.05, 0.1) is 0 Å². The van der Waals surface area contributed by atoms with Gasteiger partial charge in [-0.2, -0.15) is 0 Å². The van der Waals surface area contributed by atoms with Gasteiger partial charge in [-0.1, -0.05) is 53.4 Å². The Hall–Kier alpha value is -0.280. The van der Waals surface area contributed by atoms with Crippen LogP contribution in [0.25, 0.3) is 0 Å². The van der Waals surface area contributed by atoms with Crippen LogP contribution >= 0.6 is 72.2 Å². The van der Waals surface area contributed by atoms with Crippen LogP contribution in [-0.4, -0.2) is 64.0 Å². The van der Waals surface area contributed by atoms with Crippen molar-refractivity contribution in [2.75, 3.05) is 23.0 Å². The molecular weight excluding hydrogens is 625 g/mol. The molecule has 8 nitrogen and oxygen atoms in total. The van der Waals surface area contributed by atoms with Crippen LogP contribution in [0.3, 0.4) is 0 Å². The number of carbonyl (C=O) groups is 2. The van der Waals surface area contributed by atoms with Crippen molar-refractivity contribution in [3.05, 3.63) is 0 Å². The van der Waals surface area contributed by atoms with E-state index in [-0.39, 0.29) is 0 Å². The second-order valence-electron chi connectivity index (χ2n) is 9.89. The molecule has 2 fully saturated rings. The Balaban J connectivity index is 1.90. The predicted octanol–water partition coefficient (Wildman–Crippen LogP) is 8.47. The van der Waals surface area contributed by atoms with Crippen LogP contribution < -0.4 is 10.6 Å². The number of unbranched alkanes of at least 4 members (excludes halogenated alkanes) is 4. The number of ether oxygens (including phenoxy) is 2. The highest BCUT2D eigenvalue weighted by Crippen LogP contribution is 2.61. The molecule has 0 atom stereocenters. The number of hydrogen-bond acceptors (Lipinski definition) is 10. The molecule has 0 aromatic heterocycles. The molecule has 40 heavy (non-hydrogen) atoms. The topological polar surface area (TPSA) is 83.1 Å². The lowest BCUT2D eigenvalue weighted by Crippen LogP contribution is -2.47. The zero-order valence-electron chi connectivity index (χ0n) is 24.3. The average Bonchev–Trinajstić information content (AvgIpc) is 3.84. The summed E-state index contributed by atoms with van der Waals surface area (Å²) in [6, 6.07) is 0. The molecule has 0 aliphatic heterocycles. The summed E-state index contributed by atoms with van der Waals surface area (Å²) in [4.78, 5) is 25.8. The van der Waals surface area contributed by atoms with E-state index < -0.39 is 23.4 Å². The Morgan fingerprint density at radius 3 is 1.12 bits per heavy atom. The van der Waals surface area contributed by atoms with Gasteiger partial charge in [-0.25, -0.2) is 17.0 Å². The summed E-state index contributed by atoms with van der Waals surface area (Å²) in [6.45, 7) is 8.60. The molecule has 2 N–H and O–H groups in total. The zero-order valence-corrected chi connectivity index (χ0v) is 29.2. The highest BCUT2D eigenvalue weighted by Gasteiger charge is 2.72. The second kappa shape index (κ2) is 19.1. The smallest absolute Gasteiger partial charge is 0.414 e. The van der Waals surface area contributed by atoms with Crippen molar-refractivity contribution in [1.82, 2.24) is 18.1 Å². The van der Waals surface area contributed by atoms with Gasteiger partial charge in [0.2, 0.25) is 0 Å². The van der Waals surface area contributed by atoms with Crippen LogP contribution in [0, 0.1) is 0 Å². The summed E-state index contributed by atoms with van der Waals surface area (Å²) in [5, 5.41) is 6.15. The normalized spacial score (nSPS) is 16.0. The third-order valence-electron chi connectivity index (χ3n) is 6.39. The van der Waals surface area contributed by atoms with E-state index in [1.807, 2.05) is 7.42 Å². The summed E-state index contributed by atoms with van der Waals surface area (Å²) >= 11 is 17.5. The minimum atomic E-state index is -0.813. The summed E-state index contributed by atoms with van der Waals surface area (Å²) in [5.74, 6) is 3.71. The monoisotopic (exact) mass is 670 g/mol. The largest absolute Gasteiger partial charge is 0.438 e. The van der Waals surface area contributed by atoms with Crippen molar-refractivity contribution < 1.29 is 19.1 Å². The van der Waals surface area contributed by atoms with Crippen LogP contribution in [0.5, 0.6) is 0 Å². The van der Waals surface area contributed by atoms with E-state index in [0.717, 1.165) is 74.4 Å². The van der Waals surface area contributed by atoms with E-state index in [0.29, 0.717) is 35.9 Å². The first kappa shape index (κ1) is 35.9. The molecule has 0 bridgehead atoms. The minimum absolute atomic E-state index is 0.332. The molecular formula is C26H46N4O4S6. The fraction of sp³-hybridized carbons (Fsp3) is 0.846. The molecule has 14 heteroatoms. The van der Waals surface area contributed by atoms with Crippen molar-refractivity contribution in [2.24, 2.45) is 0 Å². The fourth-order valence-electron chi connectivity index (χ4n) is 3.68. The van der Waals surface area contributed by atoms with Gasteiger partial charge in [0.1, 0.15) is 0 Å². The fourth-order valence-corrected chi connectivity index (χ4v) is 8.95.